The van der Waals surface area contributed by atoms with Crippen molar-refractivity contribution in [1.82, 2.24) is 0 Å². The Kier molecular flexibility index (Phi) is 11.5. The maximum absolute atomic E-state index is 11.1. The molecule has 0 atom stereocenters. The summed E-state index contributed by atoms with van der Waals surface area (Å²) < 4.78 is 0. The number of hydrogen-bond acceptors (Lipinski definition) is 4. The predicted octanol–water partition coefficient (Wildman–Crippen LogP) is 12.9. The van der Waals surface area contributed by atoms with Gasteiger partial charge in [0.25, 0.3) is 0 Å². The maximum atomic E-state index is 11.1. The topological polar surface area (TPSA) is 113 Å². The molecule has 2 aliphatic carbocycles. The van der Waals surface area contributed by atoms with E-state index in [2.05, 4.69) is 96.1 Å². The van der Waals surface area contributed by atoms with Crippen LogP contribution in [0, 0.1) is 71.6 Å². The highest BCUT2D eigenvalue weighted by Crippen LogP contribution is 2.56. The molecule has 0 bridgehead atoms. The zero-order chi connectivity index (χ0) is 45.3. The van der Waals surface area contributed by atoms with Crippen LogP contribution in [0.1, 0.15) is 50.1 Å². The maximum Gasteiger partial charge on any atom is 0.203 e. The molecule has 0 spiro atoms. The summed E-state index contributed by atoms with van der Waals surface area (Å²) >= 11 is 0. The van der Waals surface area contributed by atoms with Crippen LogP contribution in [0.15, 0.2) is 114 Å². The van der Waals surface area contributed by atoms with E-state index in [4.69, 9.17) is 26.3 Å². The second kappa shape index (κ2) is 16.6. The van der Waals surface area contributed by atoms with E-state index in [1.165, 1.54) is 29.5 Å². The number of nitriles is 4. The van der Waals surface area contributed by atoms with Crippen LogP contribution in [0.4, 0.5) is 11.4 Å². The van der Waals surface area contributed by atoms with Crippen LogP contribution < -0.4 is 5.19 Å². The van der Waals surface area contributed by atoms with Crippen molar-refractivity contribution in [3.8, 4) is 24.3 Å². The molecule has 2 aliphatic rings. The van der Waals surface area contributed by atoms with Crippen molar-refractivity contribution < 1.29 is 0 Å². The molecule has 0 unspecified atom stereocenters. The average Bonchev–Trinajstić information content (AvgIpc) is 3.75. The molecular weight excluding hydrogens is 793 g/mol. The smallest absolute Gasteiger partial charge is 0.203 e. The van der Waals surface area contributed by atoms with Gasteiger partial charge in [0.15, 0.2) is 11.4 Å². The first-order valence-corrected chi connectivity index (χ1v) is 26.2. The van der Waals surface area contributed by atoms with Gasteiger partial charge in [0.05, 0.1) is 76.8 Å². The lowest BCUT2D eigenvalue weighted by molar-refractivity contribution is 1.43. The molecule has 4 aromatic rings. The first kappa shape index (κ1) is 43.0. The quantitative estimate of drug-likeness (QED) is 0.0761. The third-order valence-electron chi connectivity index (χ3n) is 10.9. The Morgan fingerprint density at radius 3 is 1.69 bits per heavy atom. The van der Waals surface area contributed by atoms with Crippen LogP contribution in [-0.4, -0.2) is 16.1 Å². The second-order valence-corrected chi connectivity index (χ2v) is 27.0. The number of benzene rings is 4. The minimum Gasteiger partial charge on any atom is -0.239 e. The lowest BCUT2D eigenvalue weighted by atomic mass is 9.88. The Labute approximate surface area is 365 Å². The molecule has 4 aromatic carbocycles. The van der Waals surface area contributed by atoms with Crippen LogP contribution in [0.2, 0.25) is 39.3 Å². The van der Waals surface area contributed by atoms with E-state index in [1.54, 1.807) is 30.3 Å². The summed E-state index contributed by atoms with van der Waals surface area (Å²) in [6.07, 6.45) is 3.67. The van der Waals surface area contributed by atoms with E-state index in [0.717, 1.165) is 5.20 Å². The molecule has 0 amide bonds. The second-order valence-electron chi connectivity index (χ2n) is 16.8. The van der Waals surface area contributed by atoms with E-state index in [9.17, 15) is 21.0 Å². The average molecular weight is 829 g/mol. The summed E-state index contributed by atoms with van der Waals surface area (Å²) in [5.74, 6) is 0. The standard InChI is InChI=1S/C52H36N8Si2/c1-31(13-14-32(2)61(7,8)9)47-46(30-56)41-25-43-44(26-42(41)50(47)51(59-5)37-20-33(27-53)19-34(21-37)28-54)52(60-6)48(35-15-17-40(18-16-35)62(10,11)12)49(43)45(29-55)36-22-38(57-3)24-39(23-36)58-4/h13-26H,1-2H2,7-12H3/b14-13-,49-45-,51-50+. The highest BCUT2D eigenvalue weighted by atomic mass is 28.3. The van der Waals surface area contributed by atoms with Crippen molar-refractivity contribution in [2.24, 2.45) is 0 Å². The number of rotatable bonds is 8. The van der Waals surface area contributed by atoms with Crippen molar-refractivity contribution >= 4 is 72.0 Å². The number of fused-ring (bicyclic) bond motifs is 2. The van der Waals surface area contributed by atoms with Gasteiger partial charge in [-0.1, -0.05) is 124 Å². The Balaban J connectivity index is 1.80. The van der Waals surface area contributed by atoms with Crippen molar-refractivity contribution in [1.29, 1.82) is 21.0 Å². The van der Waals surface area contributed by atoms with Crippen molar-refractivity contribution in [2.45, 2.75) is 39.3 Å². The van der Waals surface area contributed by atoms with Gasteiger partial charge in [-0.05, 0) is 91.1 Å². The molecule has 10 heteroatoms. The molecule has 0 aliphatic heterocycles. The lowest BCUT2D eigenvalue weighted by Crippen LogP contribution is -2.37. The zero-order valence-electron chi connectivity index (χ0n) is 35.1. The van der Waals surface area contributed by atoms with E-state index >= 15 is 0 Å². The van der Waals surface area contributed by atoms with Gasteiger partial charge in [0.1, 0.15) is 12.1 Å². The molecular formula is C52H36N8Si2. The SMILES string of the molecule is [C-]#[N+]C1=C(c2ccc([Si](C)(C)C)cc2)/C(=C(/C#N)c2cc([N+]#[C-])cc([N+]#[C-])c2)c2cc3c(cc21)/C(=C(\[N+]#[C-])c1cc(C#N)cc(C#N)c1)C(C(=C)/C=C\C(=C)[Si](C)(C)C)=C3C#N. The molecule has 292 valence electrons. The summed E-state index contributed by atoms with van der Waals surface area (Å²) in [6, 6.07) is 29.5. The molecule has 0 fully saturated rings. The highest BCUT2D eigenvalue weighted by molar-refractivity contribution is 6.88. The summed E-state index contributed by atoms with van der Waals surface area (Å²) in [4.78, 5) is 15.3. The number of nitrogens with zero attached hydrogens (tertiary/aromatic N) is 8. The molecule has 0 saturated heterocycles. The molecule has 0 saturated carbocycles. The molecule has 0 heterocycles. The van der Waals surface area contributed by atoms with Crippen LogP contribution in [0.3, 0.4) is 0 Å². The van der Waals surface area contributed by atoms with Gasteiger partial charge in [-0.25, -0.2) is 19.4 Å². The summed E-state index contributed by atoms with van der Waals surface area (Å²) in [7, 11) is -3.57. The minimum absolute atomic E-state index is 0.0724. The highest BCUT2D eigenvalue weighted by Gasteiger charge is 2.37. The van der Waals surface area contributed by atoms with Crippen LogP contribution in [0.25, 0.3) is 58.6 Å². The molecule has 8 nitrogen and oxygen atoms in total. The molecule has 62 heavy (non-hydrogen) atoms. The molecule has 0 aromatic heterocycles. The fourth-order valence-corrected chi connectivity index (χ4v) is 9.25. The van der Waals surface area contributed by atoms with Crippen molar-refractivity contribution in [3.63, 3.8) is 0 Å². The largest absolute Gasteiger partial charge is 0.239 e. The fourth-order valence-electron chi connectivity index (χ4n) is 7.50. The van der Waals surface area contributed by atoms with Crippen molar-refractivity contribution in [3.05, 3.63) is 210 Å². The van der Waals surface area contributed by atoms with Gasteiger partial charge in [0.2, 0.25) is 11.4 Å². The Morgan fingerprint density at radius 2 is 1.21 bits per heavy atom. The number of allylic oxidation sites excluding steroid dienone is 10. The number of hydrogen-bond donors (Lipinski definition) is 0. The van der Waals surface area contributed by atoms with Gasteiger partial charge in [-0.15, -0.1) is 0 Å². The monoisotopic (exact) mass is 828 g/mol. The minimum atomic E-state index is -1.83. The third kappa shape index (κ3) is 7.68. The van der Waals surface area contributed by atoms with Gasteiger partial charge in [-0.3, -0.25) is 0 Å². The Hall–Kier alpha value is -8.59. The van der Waals surface area contributed by atoms with Crippen LogP contribution in [0.5, 0.6) is 0 Å². The first-order chi connectivity index (χ1) is 29.5. The van der Waals surface area contributed by atoms with E-state index in [-0.39, 0.29) is 45.0 Å². The zero-order valence-corrected chi connectivity index (χ0v) is 37.1. The van der Waals surface area contributed by atoms with Gasteiger partial charge in [-0.2, -0.15) is 21.0 Å². The molecule has 6 rings (SSSR count). The lowest BCUT2D eigenvalue weighted by Gasteiger charge is -2.18. The normalized spacial score (nSPS) is 14.5. The third-order valence-corrected chi connectivity index (χ3v) is 15.0. The van der Waals surface area contributed by atoms with Crippen molar-refractivity contribution in [2.75, 3.05) is 0 Å². The summed E-state index contributed by atoms with van der Waals surface area (Å²) in [6.45, 7) is 54.6. The molecule has 0 radical (unpaired) electrons. The van der Waals surface area contributed by atoms with Gasteiger partial charge < -0.3 is 0 Å². The predicted molar refractivity (Wildman–Crippen MR) is 253 cm³/mol. The Bertz CT molecular complexity index is 3180. The van der Waals surface area contributed by atoms with Crippen LogP contribution in [-0.2, 0) is 0 Å². The van der Waals surface area contributed by atoms with Gasteiger partial charge in [0, 0.05) is 0 Å². The van der Waals surface area contributed by atoms with E-state index in [0.29, 0.717) is 66.8 Å². The van der Waals surface area contributed by atoms with E-state index < -0.39 is 16.1 Å². The Morgan fingerprint density at radius 1 is 0.629 bits per heavy atom. The van der Waals surface area contributed by atoms with Gasteiger partial charge >= 0.3 is 0 Å². The summed E-state index contributed by atoms with van der Waals surface area (Å²) in [5.41, 5.74) is 6.48. The van der Waals surface area contributed by atoms with Crippen LogP contribution >= 0.6 is 0 Å². The molecule has 0 N–H and O–H groups in total. The first-order valence-electron chi connectivity index (χ1n) is 19.2. The fraction of sp³-hybridized carbons (Fsp3) is 0.115. The van der Waals surface area contributed by atoms with E-state index in [1.807, 2.05) is 30.3 Å². The summed E-state index contributed by atoms with van der Waals surface area (Å²) in [5, 5.41) is 44.1.